The van der Waals surface area contributed by atoms with E-state index < -0.39 is 17.7 Å². The molecule has 0 saturated heterocycles. The van der Waals surface area contributed by atoms with Crippen LogP contribution in [0.2, 0.25) is 0 Å². The third-order valence-corrected chi connectivity index (χ3v) is 6.01. The molecule has 0 fully saturated rings. The Kier molecular flexibility index (Phi) is 7.46. The molecule has 1 unspecified atom stereocenters. The van der Waals surface area contributed by atoms with E-state index >= 15 is 0 Å². The predicted molar refractivity (Wildman–Crippen MR) is 137 cm³/mol. The maximum Gasteiger partial charge on any atom is 0.339 e. The van der Waals surface area contributed by atoms with Gasteiger partial charge in [-0.15, -0.1) is 0 Å². The molecule has 0 radical (unpaired) electrons. The Morgan fingerprint density at radius 2 is 1.83 bits per heavy atom. The van der Waals surface area contributed by atoms with Gasteiger partial charge in [0.15, 0.2) is 6.10 Å². The monoisotopic (exact) mass is 474 g/mol. The first-order valence-corrected chi connectivity index (χ1v) is 12.1. The van der Waals surface area contributed by atoms with Gasteiger partial charge in [0.05, 0.1) is 19.3 Å². The lowest BCUT2D eigenvalue weighted by atomic mass is 9.89. The topological polar surface area (TPSA) is 54.0 Å². The molecule has 0 spiro atoms. The van der Waals surface area contributed by atoms with Crippen LogP contribution in [-0.4, -0.2) is 25.3 Å². The Bertz CT molecular complexity index is 1180. The molecule has 184 valence electrons. The summed E-state index contributed by atoms with van der Waals surface area (Å²) in [4.78, 5) is 13.0. The molecule has 1 heterocycles. The Hall–Kier alpha value is -3.31. The summed E-state index contributed by atoms with van der Waals surface area (Å²) >= 11 is 0. The van der Waals surface area contributed by atoms with Crippen molar-refractivity contribution in [3.8, 4) is 22.6 Å². The summed E-state index contributed by atoms with van der Waals surface area (Å²) in [6, 6.07) is 20.2. The van der Waals surface area contributed by atoms with Crippen LogP contribution in [0, 0.1) is 6.92 Å². The minimum absolute atomic E-state index is 0.410. The third-order valence-electron chi connectivity index (χ3n) is 6.01. The van der Waals surface area contributed by atoms with E-state index in [1.807, 2.05) is 82.3 Å². The summed E-state index contributed by atoms with van der Waals surface area (Å²) in [6.45, 7) is 8.94. The second kappa shape index (κ2) is 10.5. The van der Waals surface area contributed by atoms with Gasteiger partial charge in [0.2, 0.25) is 0 Å². The van der Waals surface area contributed by atoms with Gasteiger partial charge in [-0.1, -0.05) is 42.5 Å². The van der Waals surface area contributed by atoms with Gasteiger partial charge in [-0.05, 0) is 81.0 Å². The first-order valence-electron chi connectivity index (χ1n) is 12.1. The summed E-state index contributed by atoms with van der Waals surface area (Å²) < 4.78 is 23.7. The summed E-state index contributed by atoms with van der Waals surface area (Å²) in [7, 11) is 1.39. The summed E-state index contributed by atoms with van der Waals surface area (Å²) in [5.74, 6) is 1.17. The summed E-state index contributed by atoms with van der Waals surface area (Å²) in [5.41, 5.74) is 5.15. The molecule has 5 nitrogen and oxygen atoms in total. The predicted octanol–water partition coefficient (Wildman–Crippen LogP) is 6.60. The van der Waals surface area contributed by atoms with Crippen molar-refractivity contribution in [2.24, 2.45) is 0 Å². The van der Waals surface area contributed by atoms with Gasteiger partial charge in [-0.25, -0.2) is 4.79 Å². The van der Waals surface area contributed by atoms with Crippen LogP contribution in [0.3, 0.4) is 0 Å². The average Bonchev–Trinajstić information content (AvgIpc) is 2.86. The van der Waals surface area contributed by atoms with Gasteiger partial charge in [0.1, 0.15) is 18.1 Å². The van der Waals surface area contributed by atoms with Crippen LogP contribution < -0.4 is 9.47 Å². The van der Waals surface area contributed by atoms with Crippen molar-refractivity contribution in [2.45, 2.75) is 58.8 Å². The molecule has 0 aliphatic carbocycles. The van der Waals surface area contributed by atoms with E-state index in [-0.39, 0.29) is 0 Å². The highest BCUT2D eigenvalue weighted by Gasteiger charge is 2.33. The van der Waals surface area contributed by atoms with Crippen LogP contribution >= 0.6 is 0 Å². The van der Waals surface area contributed by atoms with Crippen LogP contribution in [-0.2, 0) is 27.3 Å². The second-order valence-corrected chi connectivity index (χ2v) is 9.85. The molecule has 3 aromatic rings. The summed E-state index contributed by atoms with van der Waals surface area (Å²) in [5, 5.41) is 0. The van der Waals surface area contributed by atoms with E-state index in [0.29, 0.717) is 12.4 Å². The fourth-order valence-corrected chi connectivity index (χ4v) is 4.40. The van der Waals surface area contributed by atoms with Crippen molar-refractivity contribution in [1.82, 2.24) is 0 Å². The number of rotatable bonds is 7. The minimum atomic E-state index is -0.900. The highest BCUT2D eigenvalue weighted by atomic mass is 16.6. The number of benzene rings is 3. The average molecular weight is 475 g/mol. The van der Waals surface area contributed by atoms with Gasteiger partial charge < -0.3 is 18.9 Å². The molecule has 0 N–H and O–H groups in total. The normalized spacial score (nSPS) is 14.0. The van der Waals surface area contributed by atoms with Gasteiger partial charge in [-0.2, -0.15) is 0 Å². The highest BCUT2D eigenvalue weighted by molar-refractivity contribution is 5.85. The molecule has 1 aliphatic heterocycles. The molecule has 3 aromatic carbocycles. The van der Waals surface area contributed by atoms with Gasteiger partial charge in [0, 0.05) is 11.1 Å². The van der Waals surface area contributed by atoms with Crippen molar-refractivity contribution in [3.63, 3.8) is 0 Å². The van der Waals surface area contributed by atoms with E-state index in [0.717, 1.165) is 58.6 Å². The number of carbonyl (C=O) groups excluding carboxylic acids is 1. The molecular formula is C30H34O5. The van der Waals surface area contributed by atoms with Gasteiger partial charge >= 0.3 is 5.97 Å². The lowest BCUT2D eigenvalue weighted by Crippen LogP contribution is -2.29. The van der Waals surface area contributed by atoms with Crippen molar-refractivity contribution in [2.75, 3.05) is 13.7 Å². The molecule has 0 aromatic heterocycles. The molecule has 0 amide bonds. The molecule has 5 heteroatoms. The molecule has 1 aliphatic rings. The quantitative estimate of drug-likeness (QED) is 0.361. The largest absolute Gasteiger partial charge is 0.493 e. The molecule has 0 bridgehead atoms. The zero-order chi connectivity index (χ0) is 25.0. The molecule has 1 atom stereocenters. The number of carbonyl (C=O) groups is 1. The number of methoxy groups -OCH3 is 1. The van der Waals surface area contributed by atoms with Gasteiger partial charge in [0.25, 0.3) is 0 Å². The molecule has 0 saturated carbocycles. The highest BCUT2D eigenvalue weighted by Crippen LogP contribution is 2.43. The zero-order valence-corrected chi connectivity index (χ0v) is 21.2. The first kappa shape index (κ1) is 24.8. The van der Waals surface area contributed by atoms with Crippen molar-refractivity contribution >= 4 is 5.97 Å². The number of aryl methyl sites for hydroxylation is 2. The number of fused-ring (bicyclic) bond motifs is 1. The number of hydrogen-bond donors (Lipinski definition) is 0. The third kappa shape index (κ3) is 5.85. The van der Waals surface area contributed by atoms with E-state index in [4.69, 9.17) is 18.9 Å². The fourth-order valence-electron chi connectivity index (χ4n) is 4.40. The van der Waals surface area contributed by atoms with Crippen LogP contribution in [0.5, 0.6) is 11.5 Å². The van der Waals surface area contributed by atoms with Crippen molar-refractivity contribution < 1.29 is 23.7 Å². The molecule has 4 rings (SSSR count). The van der Waals surface area contributed by atoms with E-state index in [1.165, 1.54) is 7.11 Å². The lowest BCUT2D eigenvalue weighted by Gasteiger charge is -2.29. The standard InChI is InChI=1S/C30H34O5/c1-20-13-15-25(34-19-21-10-7-6-8-11-21)27(23-14-16-24-22(18-23)12-9-17-33-24)26(20)28(29(31)32-5)35-30(2,3)4/h6-8,10-11,13-16,18,28H,9,12,17,19H2,1-5H3. The number of hydrogen-bond acceptors (Lipinski definition) is 5. The van der Waals surface area contributed by atoms with Crippen LogP contribution in [0.15, 0.2) is 60.7 Å². The number of ether oxygens (including phenoxy) is 4. The van der Waals surface area contributed by atoms with Crippen molar-refractivity contribution in [1.29, 1.82) is 0 Å². The van der Waals surface area contributed by atoms with Crippen LogP contribution in [0.1, 0.15) is 55.5 Å². The van der Waals surface area contributed by atoms with Gasteiger partial charge in [-0.3, -0.25) is 0 Å². The fraction of sp³-hybridized carbons (Fsp3) is 0.367. The van der Waals surface area contributed by atoms with Crippen molar-refractivity contribution in [3.05, 3.63) is 82.9 Å². The molecule has 35 heavy (non-hydrogen) atoms. The van der Waals surface area contributed by atoms with E-state index in [9.17, 15) is 4.79 Å². The Balaban J connectivity index is 1.88. The maximum atomic E-state index is 13.0. The smallest absolute Gasteiger partial charge is 0.339 e. The minimum Gasteiger partial charge on any atom is -0.493 e. The SMILES string of the molecule is COC(=O)C(OC(C)(C)C)c1c(C)ccc(OCc2ccccc2)c1-c1ccc2c(c1)CCCO2. The molecular weight excluding hydrogens is 440 g/mol. The second-order valence-electron chi connectivity index (χ2n) is 9.85. The van der Waals surface area contributed by atoms with E-state index in [2.05, 4.69) is 6.07 Å². The Morgan fingerprint density at radius 3 is 2.54 bits per heavy atom. The lowest BCUT2D eigenvalue weighted by molar-refractivity contribution is -0.164. The zero-order valence-electron chi connectivity index (χ0n) is 21.2. The summed E-state index contributed by atoms with van der Waals surface area (Å²) in [6.07, 6.45) is 1.03. The maximum absolute atomic E-state index is 13.0. The number of esters is 1. The van der Waals surface area contributed by atoms with E-state index in [1.54, 1.807) is 0 Å². The van der Waals surface area contributed by atoms with Crippen LogP contribution in [0.4, 0.5) is 0 Å². The van der Waals surface area contributed by atoms with Crippen LogP contribution in [0.25, 0.3) is 11.1 Å². The first-order chi connectivity index (χ1) is 16.8. The Labute approximate surface area is 208 Å². The Morgan fingerprint density at radius 1 is 1.06 bits per heavy atom.